The highest BCUT2D eigenvalue weighted by molar-refractivity contribution is 7.10. The van der Waals surface area contributed by atoms with Crippen molar-refractivity contribution in [2.24, 2.45) is 23.2 Å². The molecule has 2 heteroatoms. The molecular formula is C18H27NS. The first kappa shape index (κ1) is 13.3. The van der Waals surface area contributed by atoms with Gasteiger partial charge in [-0.25, -0.2) is 0 Å². The normalized spacial score (nSPS) is 40.2. The monoisotopic (exact) mass is 289 g/mol. The van der Waals surface area contributed by atoms with E-state index in [4.69, 9.17) is 0 Å². The van der Waals surface area contributed by atoms with E-state index in [1.807, 2.05) is 11.3 Å². The summed E-state index contributed by atoms with van der Waals surface area (Å²) in [6.07, 6.45) is 9.19. The summed E-state index contributed by atoms with van der Waals surface area (Å²) in [7, 11) is 0. The quantitative estimate of drug-likeness (QED) is 0.843. The lowest BCUT2D eigenvalue weighted by Gasteiger charge is -2.59. The second kappa shape index (κ2) is 4.84. The molecule has 1 aromatic heterocycles. The van der Waals surface area contributed by atoms with E-state index in [-0.39, 0.29) is 0 Å². The van der Waals surface area contributed by atoms with E-state index in [1.54, 1.807) is 19.3 Å². The van der Waals surface area contributed by atoms with Gasteiger partial charge in [0.15, 0.2) is 0 Å². The van der Waals surface area contributed by atoms with Gasteiger partial charge in [-0.15, -0.1) is 11.3 Å². The number of hydrogen-bond donors (Lipinski definition) is 1. The zero-order valence-corrected chi connectivity index (χ0v) is 13.6. The lowest BCUT2D eigenvalue weighted by atomic mass is 9.48. The summed E-state index contributed by atoms with van der Waals surface area (Å²) in [4.78, 5) is 1.53. The summed E-state index contributed by atoms with van der Waals surface area (Å²) in [5.74, 6) is 3.19. The fourth-order valence-corrected chi connectivity index (χ4v) is 6.61. The second-order valence-corrected chi connectivity index (χ2v) is 8.91. The van der Waals surface area contributed by atoms with E-state index in [0.29, 0.717) is 11.5 Å². The molecule has 0 unspecified atom stereocenters. The molecule has 1 aromatic rings. The van der Waals surface area contributed by atoms with Gasteiger partial charge in [0.05, 0.1) is 0 Å². The van der Waals surface area contributed by atoms with Crippen LogP contribution in [0.1, 0.15) is 55.9 Å². The van der Waals surface area contributed by atoms with E-state index >= 15 is 0 Å². The van der Waals surface area contributed by atoms with Gasteiger partial charge in [0, 0.05) is 17.5 Å². The molecule has 0 aliphatic heterocycles. The highest BCUT2D eigenvalue weighted by Gasteiger charge is 2.52. The van der Waals surface area contributed by atoms with Gasteiger partial charge in [-0.3, -0.25) is 0 Å². The van der Waals surface area contributed by atoms with Crippen LogP contribution in [0.5, 0.6) is 0 Å². The first-order chi connectivity index (χ1) is 9.64. The van der Waals surface area contributed by atoms with Gasteiger partial charge in [-0.2, -0.15) is 0 Å². The molecule has 1 nitrogen and oxygen atoms in total. The van der Waals surface area contributed by atoms with Crippen molar-refractivity contribution < 1.29 is 0 Å². The molecule has 4 aliphatic rings. The van der Waals surface area contributed by atoms with Gasteiger partial charge in [0.2, 0.25) is 0 Å². The molecule has 0 amide bonds. The minimum absolute atomic E-state index is 0.639. The van der Waals surface area contributed by atoms with Gasteiger partial charge >= 0.3 is 0 Å². The zero-order chi connectivity index (χ0) is 13.7. The second-order valence-electron chi connectivity index (χ2n) is 7.91. The maximum Gasteiger partial charge on any atom is 0.0305 e. The molecule has 0 spiro atoms. The SMILES string of the molecule is Cc1ccsc1CN[C@H](C)C12CC3CC(CC(C3)C1)C2. The maximum absolute atomic E-state index is 3.89. The molecule has 4 bridgehead atoms. The first-order valence-electron chi connectivity index (χ1n) is 8.41. The summed E-state index contributed by atoms with van der Waals surface area (Å²) >= 11 is 1.91. The Bertz CT molecular complexity index is 454. The number of hydrogen-bond acceptors (Lipinski definition) is 2. The van der Waals surface area contributed by atoms with Gasteiger partial charge in [-0.05, 0) is 92.6 Å². The Kier molecular flexibility index (Phi) is 3.23. The third kappa shape index (κ3) is 2.16. The minimum atomic E-state index is 0.639. The summed E-state index contributed by atoms with van der Waals surface area (Å²) < 4.78 is 0. The highest BCUT2D eigenvalue weighted by Crippen LogP contribution is 2.61. The third-order valence-electron chi connectivity index (χ3n) is 6.54. The summed E-state index contributed by atoms with van der Waals surface area (Å²) in [6.45, 7) is 5.78. The average molecular weight is 289 g/mol. The van der Waals surface area contributed by atoms with Crippen LogP contribution in [0, 0.1) is 30.1 Å². The van der Waals surface area contributed by atoms with Crippen LogP contribution in [0.2, 0.25) is 0 Å². The van der Waals surface area contributed by atoms with Crippen LogP contribution in [0.15, 0.2) is 11.4 Å². The van der Waals surface area contributed by atoms with E-state index < -0.39 is 0 Å². The molecule has 1 heterocycles. The largest absolute Gasteiger partial charge is 0.309 e. The average Bonchev–Trinajstić information content (AvgIpc) is 2.80. The van der Waals surface area contributed by atoms with E-state index in [1.165, 1.54) is 29.7 Å². The highest BCUT2D eigenvalue weighted by atomic mass is 32.1. The maximum atomic E-state index is 3.89. The van der Waals surface area contributed by atoms with Crippen LogP contribution in [-0.2, 0) is 6.54 Å². The Balaban J connectivity index is 1.45. The summed E-state index contributed by atoms with van der Waals surface area (Å²) in [6, 6.07) is 2.94. The molecule has 4 aliphatic carbocycles. The van der Waals surface area contributed by atoms with Crippen LogP contribution < -0.4 is 5.32 Å². The Morgan fingerprint density at radius 3 is 2.30 bits per heavy atom. The topological polar surface area (TPSA) is 12.0 Å². The molecule has 5 rings (SSSR count). The summed E-state index contributed by atoms with van der Waals surface area (Å²) in [5.41, 5.74) is 2.10. The zero-order valence-electron chi connectivity index (χ0n) is 12.8. The van der Waals surface area contributed by atoms with Crippen molar-refractivity contribution in [2.75, 3.05) is 0 Å². The van der Waals surface area contributed by atoms with Crippen molar-refractivity contribution in [3.8, 4) is 0 Å². The van der Waals surface area contributed by atoms with Gasteiger partial charge in [-0.1, -0.05) is 0 Å². The molecule has 0 radical (unpaired) electrons. The molecule has 0 aromatic carbocycles. The van der Waals surface area contributed by atoms with Crippen molar-refractivity contribution >= 4 is 11.3 Å². The van der Waals surface area contributed by atoms with Crippen molar-refractivity contribution in [3.63, 3.8) is 0 Å². The molecular weight excluding hydrogens is 262 g/mol. The number of rotatable bonds is 4. The number of thiophene rings is 1. The van der Waals surface area contributed by atoms with Crippen LogP contribution in [0.4, 0.5) is 0 Å². The van der Waals surface area contributed by atoms with Gasteiger partial charge in [0.25, 0.3) is 0 Å². The molecule has 0 saturated heterocycles. The van der Waals surface area contributed by atoms with Gasteiger partial charge in [0.1, 0.15) is 0 Å². The van der Waals surface area contributed by atoms with Crippen molar-refractivity contribution in [1.82, 2.24) is 5.32 Å². The van der Waals surface area contributed by atoms with Gasteiger partial charge < -0.3 is 5.32 Å². The van der Waals surface area contributed by atoms with Crippen molar-refractivity contribution in [3.05, 3.63) is 21.9 Å². The molecule has 20 heavy (non-hydrogen) atoms. The third-order valence-corrected chi connectivity index (χ3v) is 7.56. The van der Waals surface area contributed by atoms with Crippen molar-refractivity contribution in [2.45, 2.75) is 65.0 Å². The lowest BCUT2D eigenvalue weighted by Crippen LogP contribution is -2.54. The Hall–Kier alpha value is -0.340. The minimum Gasteiger partial charge on any atom is -0.309 e. The van der Waals surface area contributed by atoms with Crippen molar-refractivity contribution in [1.29, 1.82) is 0 Å². The predicted molar refractivity (Wildman–Crippen MR) is 86.0 cm³/mol. The summed E-state index contributed by atoms with van der Waals surface area (Å²) in [5, 5.41) is 6.12. The molecule has 4 fully saturated rings. The predicted octanol–water partition coefficient (Wildman–Crippen LogP) is 4.75. The van der Waals surface area contributed by atoms with E-state index in [9.17, 15) is 0 Å². The van der Waals surface area contributed by atoms with E-state index in [2.05, 4.69) is 30.6 Å². The fourth-order valence-electron chi connectivity index (χ4n) is 5.76. The number of nitrogens with one attached hydrogen (secondary N) is 1. The van der Waals surface area contributed by atoms with Crippen LogP contribution >= 0.6 is 11.3 Å². The molecule has 110 valence electrons. The molecule has 4 saturated carbocycles. The molecule has 1 atom stereocenters. The molecule has 1 N–H and O–H groups in total. The Morgan fingerprint density at radius 2 is 1.80 bits per heavy atom. The lowest BCUT2D eigenvalue weighted by molar-refractivity contribution is -0.0706. The van der Waals surface area contributed by atoms with Crippen LogP contribution in [0.25, 0.3) is 0 Å². The Morgan fingerprint density at radius 1 is 1.20 bits per heavy atom. The van der Waals surface area contributed by atoms with Crippen LogP contribution in [0.3, 0.4) is 0 Å². The Labute approximate surface area is 127 Å². The smallest absolute Gasteiger partial charge is 0.0305 e. The van der Waals surface area contributed by atoms with Crippen LogP contribution in [-0.4, -0.2) is 6.04 Å². The fraction of sp³-hybridized carbons (Fsp3) is 0.778. The van der Waals surface area contributed by atoms with E-state index in [0.717, 1.165) is 24.3 Å². The number of aryl methyl sites for hydroxylation is 1. The first-order valence-corrected chi connectivity index (χ1v) is 9.29. The standard InChI is InChI=1S/C18H27NS/c1-12-3-4-20-17(12)11-19-13(2)18-8-14-5-15(9-18)7-16(6-14)10-18/h3-4,13-16,19H,5-11H2,1-2H3/t13-,14?,15?,16?,18?/m1/s1.